The fourth-order valence-electron chi connectivity index (χ4n) is 0.398. The molecular formula is C6H12N2O3S. The first-order chi connectivity index (χ1) is 5.33. The van der Waals surface area contributed by atoms with Crippen molar-refractivity contribution in [3.05, 3.63) is 12.2 Å². The summed E-state index contributed by atoms with van der Waals surface area (Å²) in [6.45, 7) is 4.81. The number of rotatable bonds is 4. The lowest BCUT2D eigenvalue weighted by Gasteiger charge is -2.04. The topological polar surface area (TPSA) is 75.3 Å². The van der Waals surface area contributed by atoms with Gasteiger partial charge in [0.2, 0.25) is 15.9 Å². The van der Waals surface area contributed by atoms with Gasteiger partial charge in [-0.05, 0) is 6.92 Å². The van der Waals surface area contributed by atoms with E-state index >= 15 is 0 Å². The first kappa shape index (κ1) is 11.1. The molecular weight excluding hydrogens is 180 g/mol. The summed E-state index contributed by atoms with van der Waals surface area (Å²) >= 11 is 0. The average molecular weight is 192 g/mol. The smallest absolute Gasteiger partial charge is 0.247 e. The Morgan fingerprint density at radius 3 is 2.33 bits per heavy atom. The molecule has 0 atom stereocenters. The molecule has 0 radical (unpaired) electrons. The molecule has 0 aromatic carbocycles. The van der Waals surface area contributed by atoms with Gasteiger partial charge in [-0.3, -0.25) is 4.79 Å². The molecule has 0 heterocycles. The van der Waals surface area contributed by atoms with E-state index in [1.165, 1.54) is 6.92 Å². The molecule has 0 spiro atoms. The quantitative estimate of drug-likeness (QED) is 0.451. The Kier molecular flexibility index (Phi) is 3.91. The lowest BCUT2D eigenvalue weighted by Crippen LogP contribution is -2.36. The number of hydrogen-bond acceptors (Lipinski definition) is 3. The van der Waals surface area contributed by atoms with Crippen molar-refractivity contribution >= 4 is 15.9 Å². The molecule has 1 amide bonds. The zero-order valence-corrected chi connectivity index (χ0v) is 7.86. The molecule has 0 rings (SSSR count). The van der Waals surface area contributed by atoms with E-state index in [0.29, 0.717) is 5.57 Å². The third-order valence-corrected chi connectivity index (χ3v) is 1.64. The van der Waals surface area contributed by atoms with Crippen molar-refractivity contribution in [1.82, 2.24) is 10.0 Å². The molecule has 0 aromatic heterocycles. The molecule has 0 bridgehead atoms. The summed E-state index contributed by atoms with van der Waals surface area (Å²) in [5, 5.41) is 2.31. The van der Waals surface area contributed by atoms with Crippen LogP contribution in [0.1, 0.15) is 6.92 Å². The standard InChI is InChI=1S/C6H12N2O3S/c1-5(2)6(9)7-4-8-12(3,10)11/h8H,1,4H2,2-3H3,(H,7,9). The first-order valence-electron chi connectivity index (χ1n) is 3.21. The van der Waals surface area contributed by atoms with Crippen molar-refractivity contribution in [1.29, 1.82) is 0 Å². The number of carbonyl (C=O) groups is 1. The van der Waals surface area contributed by atoms with Gasteiger partial charge in [0.15, 0.2) is 0 Å². The van der Waals surface area contributed by atoms with E-state index in [-0.39, 0.29) is 12.6 Å². The lowest BCUT2D eigenvalue weighted by atomic mass is 10.3. The summed E-state index contributed by atoms with van der Waals surface area (Å²) in [5.41, 5.74) is 0.338. The number of sulfonamides is 1. The molecule has 0 saturated heterocycles. The summed E-state index contributed by atoms with van der Waals surface area (Å²) in [5.74, 6) is -0.369. The van der Waals surface area contributed by atoms with Crippen LogP contribution in [0.15, 0.2) is 12.2 Å². The van der Waals surface area contributed by atoms with Crippen molar-refractivity contribution in [3.8, 4) is 0 Å². The maximum absolute atomic E-state index is 10.8. The summed E-state index contributed by atoms with van der Waals surface area (Å²) in [4.78, 5) is 10.8. The largest absolute Gasteiger partial charge is 0.339 e. The van der Waals surface area contributed by atoms with E-state index in [0.717, 1.165) is 6.26 Å². The maximum Gasteiger partial charge on any atom is 0.247 e. The Bertz CT molecular complexity index is 281. The molecule has 70 valence electrons. The van der Waals surface area contributed by atoms with Gasteiger partial charge in [0.25, 0.3) is 0 Å². The molecule has 0 aliphatic heterocycles. The molecule has 12 heavy (non-hydrogen) atoms. The van der Waals surface area contributed by atoms with E-state index in [1.54, 1.807) is 0 Å². The number of carbonyl (C=O) groups excluding carboxylic acids is 1. The molecule has 0 saturated carbocycles. The minimum atomic E-state index is -3.24. The van der Waals surface area contributed by atoms with Crippen LogP contribution >= 0.6 is 0 Å². The van der Waals surface area contributed by atoms with Gasteiger partial charge in [0.05, 0.1) is 12.9 Å². The van der Waals surface area contributed by atoms with Gasteiger partial charge >= 0.3 is 0 Å². The molecule has 0 aliphatic rings. The molecule has 0 aromatic rings. The van der Waals surface area contributed by atoms with Gasteiger partial charge in [-0.15, -0.1) is 0 Å². The van der Waals surface area contributed by atoms with Gasteiger partial charge in [0, 0.05) is 5.57 Å². The number of hydrogen-bond donors (Lipinski definition) is 2. The lowest BCUT2D eigenvalue weighted by molar-refractivity contribution is -0.117. The maximum atomic E-state index is 10.8. The monoisotopic (exact) mass is 192 g/mol. The zero-order valence-electron chi connectivity index (χ0n) is 7.05. The Labute approximate surface area is 71.9 Å². The Balaban J connectivity index is 3.73. The van der Waals surface area contributed by atoms with Crippen LogP contribution in [0.5, 0.6) is 0 Å². The van der Waals surface area contributed by atoms with Crippen molar-refractivity contribution in [2.24, 2.45) is 0 Å². The van der Waals surface area contributed by atoms with E-state index < -0.39 is 10.0 Å². The second-order valence-corrected chi connectivity index (χ2v) is 4.21. The minimum Gasteiger partial charge on any atom is -0.339 e. The van der Waals surface area contributed by atoms with Crippen LogP contribution in [0.4, 0.5) is 0 Å². The molecule has 6 heteroatoms. The van der Waals surface area contributed by atoms with Crippen LogP contribution in [-0.2, 0) is 14.8 Å². The number of nitrogens with one attached hydrogen (secondary N) is 2. The highest BCUT2D eigenvalue weighted by Gasteiger charge is 2.02. The van der Waals surface area contributed by atoms with Crippen LogP contribution in [-0.4, -0.2) is 27.2 Å². The van der Waals surface area contributed by atoms with Crippen molar-refractivity contribution in [2.75, 3.05) is 12.9 Å². The highest BCUT2D eigenvalue weighted by molar-refractivity contribution is 7.88. The molecule has 0 aliphatic carbocycles. The second-order valence-electron chi connectivity index (χ2n) is 2.38. The van der Waals surface area contributed by atoms with Crippen molar-refractivity contribution < 1.29 is 13.2 Å². The normalized spacial score (nSPS) is 10.8. The summed E-state index contributed by atoms with van der Waals surface area (Å²) in [7, 11) is -3.24. The minimum absolute atomic E-state index is 0.107. The van der Waals surface area contributed by atoms with Crippen LogP contribution in [0.25, 0.3) is 0 Å². The predicted molar refractivity (Wildman–Crippen MR) is 45.8 cm³/mol. The second kappa shape index (κ2) is 4.22. The van der Waals surface area contributed by atoms with Crippen LogP contribution in [0.3, 0.4) is 0 Å². The fraction of sp³-hybridized carbons (Fsp3) is 0.500. The van der Waals surface area contributed by atoms with Crippen molar-refractivity contribution in [2.45, 2.75) is 6.92 Å². The first-order valence-corrected chi connectivity index (χ1v) is 5.10. The third kappa shape index (κ3) is 5.87. The van der Waals surface area contributed by atoms with Gasteiger partial charge in [-0.1, -0.05) is 6.58 Å². The highest BCUT2D eigenvalue weighted by atomic mass is 32.2. The van der Waals surface area contributed by atoms with Gasteiger partial charge in [-0.2, -0.15) is 4.72 Å². The molecule has 0 unspecified atom stereocenters. The van der Waals surface area contributed by atoms with Crippen LogP contribution in [0.2, 0.25) is 0 Å². The van der Waals surface area contributed by atoms with Gasteiger partial charge in [0.1, 0.15) is 0 Å². The molecule has 2 N–H and O–H groups in total. The van der Waals surface area contributed by atoms with Crippen molar-refractivity contribution in [3.63, 3.8) is 0 Å². The number of amides is 1. The average Bonchev–Trinajstić information content (AvgIpc) is 1.84. The van der Waals surface area contributed by atoms with Crippen LogP contribution in [0, 0.1) is 0 Å². The fourth-order valence-corrected chi connectivity index (χ4v) is 0.733. The van der Waals surface area contributed by atoms with Crippen LogP contribution < -0.4 is 10.0 Å². The summed E-state index contributed by atoms with van der Waals surface area (Å²) < 4.78 is 23.1. The van der Waals surface area contributed by atoms with E-state index in [9.17, 15) is 13.2 Å². The van der Waals surface area contributed by atoms with E-state index in [4.69, 9.17) is 0 Å². The Morgan fingerprint density at radius 2 is 2.00 bits per heavy atom. The highest BCUT2D eigenvalue weighted by Crippen LogP contribution is 1.83. The zero-order chi connectivity index (χ0) is 9.78. The van der Waals surface area contributed by atoms with E-state index in [2.05, 4.69) is 16.6 Å². The SMILES string of the molecule is C=C(C)C(=O)NCNS(C)(=O)=O. The summed E-state index contributed by atoms with van der Waals surface area (Å²) in [6, 6.07) is 0. The predicted octanol–water partition coefficient (Wildman–Crippen LogP) is -0.815. The summed E-state index contributed by atoms with van der Waals surface area (Å²) in [6.07, 6.45) is 1.01. The molecule has 0 fully saturated rings. The Morgan fingerprint density at radius 1 is 1.50 bits per heavy atom. The third-order valence-electron chi connectivity index (χ3n) is 0.971. The Hall–Kier alpha value is -0.880. The molecule has 5 nitrogen and oxygen atoms in total. The van der Waals surface area contributed by atoms with Gasteiger partial charge in [-0.25, -0.2) is 8.42 Å². The van der Waals surface area contributed by atoms with Gasteiger partial charge < -0.3 is 5.32 Å². The van der Waals surface area contributed by atoms with E-state index in [1.807, 2.05) is 0 Å².